The number of hydrogen-bond acceptors (Lipinski definition) is 3. The van der Waals surface area contributed by atoms with E-state index in [-0.39, 0.29) is 14.9 Å². The minimum Gasteiger partial charge on any atom is -0.259 e. The third-order valence-electron chi connectivity index (χ3n) is 0.574. The van der Waals surface area contributed by atoms with E-state index in [1.54, 1.807) is 0 Å². The molecule has 0 spiro atoms. The Hall–Kier alpha value is -1.59. The van der Waals surface area contributed by atoms with Crippen LogP contribution in [-0.2, 0) is 0 Å². The highest BCUT2D eigenvalue weighted by Gasteiger charge is 1.84. The summed E-state index contributed by atoms with van der Waals surface area (Å²) in [5, 5.41) is 0. The Morgan fingerprint density at radius 1 is 0.889 bits per heavy atom. The number of nitrogens with one attached hydrogen (secondary N) is 3. The molecule has 48 valence electrons. The van der Waals surface area contributed by atoms with Crippen LogP contribution in [0.2, 0.25) is 4.24 Å². The summed E-state index contributed by atoms with van der Waals surface area (Å²) in [6, 6.07) is 0. The molecular formula is C3H3N3O3. The van der Waals surface area contributed by atoms with Crippen molar-refractivity contribution < 1.29 is 4.24 Å². The van der Waals surface area contributed by atoms with Crippen LogP contribution in [0, 0.1) is 0 Å². The molecule has 0 fully saturated rings. The molecule has 0 aliphatic rings. The van der Waals surface area contributed by atoms with E-state index in [0.717, 1.165) is 0 Å². The number of rotatable bonds is 0. The number of hydrogen-bond donors (Lipinski definition) is 3. The first-order chi connectivity index (χ1) is 5.46. The fourth-order valence-corrected chi connectivity index (χ4v) is 0.320. The molecule has 3 N–H and O–H groups in total. The summed E-state index contributed by atoms with van der Waals surface area (Å²) < 4.78 is 20.1. The van der Waals surface area contributed by atoms with Crippen molar-refractivity contribution >= 4 is 0 Å². The molecule has 1 heterocycles. The van der Waals surface area contributed by atoms with Gasteiger partial charge in [-0.05, 0) is 0 Å². The SMILES string of the molecule is [3H]n1c(=O)n([3H])c(=O)n([3H])c1=O. The molecule has 1 rings (SSSR count). The molecule has 0 radical (unpaired) electrons. The number of aromatic amines is 3. The van der Waals surface area contributed by atoms with Gasteiger partial charge in [0.25, 0.3) is 0 Å². The van der Waals surface area contributed by atoms with Crippen LogP contribution >= 0.6 is 0 Å². The van der Waals surface area contributed by atoms with Crippen molar-refractivity contribution in [2.75, 3.05) is 0 Å². The normalized spacial score (nSPS) is 14.0. The molecular weight excluding hydrogens is 126 g/mol. The van der Waals surface area contributed by atoms with Crippen LogP contribution in [0.1, 0.15) is 0 Å². The molecule has 0 atom stereocenters. The summed E-state index contributed by atoms with van der Waals surface area (Å²) in [6.45, 7) is 0. The van der Waals surface area contributed by atoms with Gasteiger partial charge in [-0.2, -0.15) is 0 Å². The molecule has 0 unspecified atom stereocenters. The minimum atomic E-state index is -1.39. The van der Waals surface area contributed by atoms with Crippen molar-refractivity contribution in [3.05, 3.63) is 31.5 Å². The summed E-state index contributed by atoms with van der Waals surface area (Å²) in [5.74, 6) is 0. The largest absolute Gasteiger partial charge is 0.330 e. The van der Waals surface area contributed by atoms with Crippen LogP contribution in [0.25, 0.3) is 0 Å². The molecule has 0 aliphatic heterocycles. The Morgan fingerprint density at radius 3 is 1.33 bits per heavy atom. The zero-order valence-corrected chi connectivity index (χ0v) is 4.07. The van der Waals surface area contributed by atoms with Gasteiger partial charge in [-0.15, -0.1) is 0 Å². The topological polar surface area (TPSA) is 98.6 Å². The maximum atomic E-state index is 10.6. The lowest BCUT2D eigenvalue weighted by molar-refractivity contribution is 0.888. The zero-order valence-electron chi connectivity index (χ0n) is 7.07. The second kappa shape index (κ2) is 1.73. The molecule has 6 heteroatoms. The fraction of sp³-hybridized carbons (Fsp3) is 0. The van der Waals surface area contributed by atoms with Crippen molar-refractivity contribution in [3.8, 4) is 0 Å². The van der Waals surface area contributed by atoms with Gasteiger partial charge < -0.3 is 0 Å². The molecule has 0 aromatic carbocycles. The quantitative estimate of drug-likeness (QED) is 0.374. The maximum Gasteiger partial charge on any atom is 0.330 e. The van der Waals surface area contributed by atoms with E-state index in [2.05, 4.69) is 0 Å². The van der Waals surface area contributed by atoms with Gasteiger partial charge >= 0.3 is 17.1 Å². The second-order valence-corrected chi connectivity index (χ2v) is 1.18. The predicted molar refractivity (Wildman–Crippen MR) is 28.3 cm³/mol. The first-order valence-electron chi connectivity index (χ1n) is 3.30. The summed E-state index contributed by atoms with van der Waals surface area (Å²) in [5.41, 5.74) is -4.18. The monoisotopic (exact) mass is 135 g/mol. The van der Waals surface area contributed by atoms with Crippen LogP contribution in [0.15, 0.2) is 14.4 Å². The second-order valence-electron chi connectivity index (χ2n) is 1.18. The molecule has 0 saturated heterocycles. The third-order valence-corrected chi connectivity index (χ3v) is 0.574. The van der Waals surface area contributed by atoms with Gasteiger partial charge in [0, 0.05) is 0 Å². The Labute approximate surface area is 52.0 Å². The summed E-state index contributed by atoms with van der Waals surface area (Å²) in [6.07, 6.45) is 0. The fourth-order valence-electron chi connectivity index (χ4n) is 0.320. The first-order valence-corrected chi connectivity index (χ1v) is 1.95. The molecule has 6 nitrogen and oxygen atoms in total. The van der Waals surface area contributed by atoms with Gasteiger partial charge in [-0.25, -0.2) is 14.4 Å². The Balaban J connectivity index is 4.00. The molecule has 0 aliphatic carbocycles. The summed E-state index contributed by atoms with van der Waals surface area (Å²) in [4.78, 5) is 31.1. The van der Waals surface area contributed by atoms with E-state index < -0.39 is 17.1 Å². The highest BCUT2D eigenvalue weighted by molar-refractivity contribution is 4.60. The van der Waals surface area contributed by atoms with Gasteiger partial charge in [0.2, 0.25) is 0 Å². The number of aromatic nitrogens is 3. The Morgan fingerprint density at radius 2 is 1.11 bits per heavy atom. The predicted octanol–water partition coefficient (Wildman–Crippen LogP) is -2.25. The van der Waals surface area contributed by atoms with Gasteiger partial charge in [0.15, 0.2) is 4.24 Å². The molecule has 0 saturated carbocycles. The van der Waals surface area contributed by atoms with E-state index in [4.69, 9.17) is 4.24 Å². The maximum absolute atomic E-state index is 10.6. The van der Waals surface area contributed by atoms with Crippen molar-refractivity contribution in [2.24, 2.45) is 0 Å². The van der Waals surface area contributed by atoms with Gasteiger partial charge in [-0.1, -0.05) is 0 Å². The minimum absolute atomic E-state index is 0.249. The summed E-state index contributed by atoms with van der Waals surface area (Å²) in [7, 11) is 0. The van der Waals surface area contributed by atoms with Crippen LogP contribution < -0.4 is 17.1 Å². The van der Waals surface area contributed by atoms with Gasteiger partial charge in [-0.3, -0.25) is 14.9 Å². The van der Waals surface area contributed by atoms with E-state index in [9.17, 15) is 14.4 Å². The highest BCUT2D eigenvalue weighted by atomic mass is 16.2. The van der Waals surface area contributed by atoms with Crippen molar-refractivity contribution in [2.45, 2.75) is 0 Å². The lowest BCUT2D eigenvalue weighted by Gasteiger charge is -1.77. The van der Waals surface area contributed by atoms with Crippen LogP contribution in [-0.4, -0.2) is 14.9 Å². The Kier molecular flexibility index (Phi) is 0.540. The van der Waals surface area contributed by atoms with Gasteiger partial charge in [0.1, 0.15) is 0 Å². The van der Waals surface area contributed by atoms with E-state index >= 15 is 0 Å². The van der Waals surface area contributed by atoms with Crippen LogP contribution in [0.5, 0.6) is 0 Å². The molecule has 1 aromatic heterocycles. The average molecular weight is 135 g/mol. The molecule has 1 aromatic rings. The average Bonchev–Trinajstić information content (AvgIpc) is 2.08. The molecule has 0 amide bonds. The van der Waals surface area contributed by atoms with E-state index in [1.807, 2.05) is 0 Å². The summed E-state index contributed by atoms with van der Waals surface area (Å²) >= 11 is 0. The smallest absolute Gasteiger partial charge is 0.259 e. The third kappa shape index (κ3) is 1.15. The molecule has 9 heavy (non-hydrogen) atoms. The van der Waals surface area contributed by atoms with Crippen molar-refractivity contribution in [3.63, 3.8) is 0 Å². The standard InChI is InChI=1S/C3H3N3O3/c7-1-4-2(8)6-3(9)5-1/h(H3,4,5,6,7,8,9)/i/hT3. The van der Waals surface area contributed by atoms with Crippen LogP contribution in [0.3, 0.4) is 0 Å². The number of H-pyrrole nitrogens is 3. The molecule has 0 bridgehead atoms. The van der Waals surface area contributed by atoms with E-state index in [1.165, 1.54) is 0 Å². The van der Waals surface area contributed by atoms with Crippen molar-refractivity contribution in [1.82, 2.24) is 14.9 Å². The van der Waals surface area contributed by atoms with Crippen LogP contribution in [0.4, 0.5) is 0 Å². The zero-order chi connectivity index (χ0) is 9.46. The Bertz CT molecular complexity index is 381. The first kappa shape index (κ1) is 2.81. The highest BCUT2D eigenvalue weighted by Crippen LogP contribution is 1.29. The lowest BCUT2D eigenvalue weighted by Crippen LogP contribution is -2.34. The lowest BCUT2D eigenvalue weighted by atomic mass is 11.0. The van der Waals surface area contributed by atoms with Gasteiger partial charge in [0.05, 0.1) is 0 Å². The van der Waals surface area contributed by atoms with E-state index in [0.29, 0.717) is 0 Å². The van der Waals surface area contributed by atoms with Crippen molar-refractivity contribution in [1.29, 1.82) is 0 Å².